The molecule has 0 bridgehead atoms. The number of halogens is 1. The normalized spacial score (nSPS) is 14.8. The highest BCUT2D eigenvalue weighted by atomic mass is 79.9. The van der Waals surface area contributed by atoms with Gasteiger partial charge in [-0.25, -0.2) is 9.69 Å². The Kier molecular flexibility index (Phi) is 9.31. The molecule has 0 atom stereocenters. The van der Waals surface area contributed by atoms with Crippen molar-refractivity contribution in [2.45, 2.75) is 39.5 Å². The van der Waals surface area contributed by atoms with Gasteiger partial charge < -0.3 is 14.2 Å². The molecule has 0 radical (unpaired) electrons. The lowest BCUT2D eigenvalue weighted by atomic mass is 10.1. The third kappa shape index (κ3) is 6.42. The van der Waals surface area contributed by atoms with Crippen LogP contribution in [0.3, 0.4) is 0 Å². The second-order valence-corrected chi connectivity index (χ2v) is 8.68. The van der Waals surface area contributed by atoms with Gasteiger partial charge >= 0.3 is 6.03 Å². The summed E-state index contributed by atoms with van der Waals surface area (Å²) in [5.74, 6) is 0.127. The Bertz CT molecular complexity index is 1110. The van der Waals surface area contributed by atoms with Crippen molar-refractivity contribution >= 4 is 45.5 Å². The predicted molar refractivity (Wildman–Crippen MR) is 137 cm³/mol. The van der Waals surface area contributed by atoms with Crippen molar-refractivity contribution in [1.29, 1.82) is 0 Å². The Labute approximate surface area is 213 Å². The molecule has 35 heavy (non-hydrogen) atoms. The van der Waals surface area contributed by atoms with E-state index >= 15 is 0 Å². The fourth-order valence-electron chi connectivity index (χ4n) is 3.58. The summed E-state index contributed by atoms with van der Waals surface area (Å²) in [4.78, 5) is 39.1. The molecule has 0 unspecified atom stereocenters. The average Bonchev–Trinajstić information content (AvgIpc) is 2.83. The molecule has 0 aromatic heterocycles. The minimum Gasteiger partial charge on any atom is -0.494 e. The molecule has 1 aliphatic rings. The van der Waals surface area contributed by atoms with Crippen LogP contribution in [-0.4, -0.2) is 38.2 Å². The van der Waals surface area contributed by atoms with Crippen LogP contribution in [0.5, 0.6) is 17.2 Å². The number of unbranched alkanes of at least 4 members (excludes halogenated alkanes) is 3. The van der Waals surface area contributed by atoms with Crippen molar-refractivity contribution in [3.05, 3.63) is 52.0 Å². The maximum absolute atomic E-state index is 13.2. The lowest BCUT2D eigenvalue weighted by Crippen LogP contribution is -2.54. The number of nitrogens with zero attached hydrogens (tertiary/aromatic N) is 1. The van der Waals surface area contributed by atoms with Crippen molar-refractivity contribution in [3.63, 3.8) is 0 Å². The smallest absolute Gasteiger partial charge is 0.335 e. The fraction of sp³-hybridized carbons (Fsp3) is 0.346. The molecule has 1 aliphatic heterocycles. The Morgan fingerprint density at radius 2 is 1.74 bits per heavy atom. The van der Waals surface area contributed by atoms with E-state index in [2.05, 4.69) is 28.2 Å². The van der Waals surface area contributed by atoms with E-state index in [1.54, 1.807) is 36.4 Å². The maximum atomic E-state index is 13.2. The Balaban J connectivity index is 1.86. The van der Waals surface area contributed by atoms with Gasteiger partial charge in [0.2, 0.25) is 0 Å². The van der Waals surface area contributed by atoms with Crippen LogP contribution in [0.2, 0.25) is 0 Å². The Morgan fingerprint density at radius 3 is 2.40 bits per heavy atom. The number of nitrogens with one attached hydrogen (secondary N) is 1. The van der Waals surface area contributed by atoms with Crippen LogP contribution in [0.25, 0.3) is 6.08 Å². The van der Waals surface area contributed by atoms with Crippen LogP contribution >= 0.6 is 15.9 Å². The summed E-state index contributed by atoms with van der Waals surface area (Å²) in [6.45, 7) is 5.05. The summed E-state index contributed by atoms with van der Waals surface area (Å²) in [6, 6.07) is 9.08. The van der Waals surface area contributed by atoms with Crippen LogP contribution in [0.15, 0.2) is 46.4 Å². The molecule has 4 amide bonds. The summed E-state index contributed by atoms with van der Waals surface area (Å²) < 4.78 is 17.4. The molecule has 3 rings (SSSR count). The van der Waals surface area contributed by atoms with Crippen molar-refractivity contribution in [3.8, 4) is 17.2 Å². The molecule has 0 saturated carbocycles. The number of hydrogen-bond acceptors (Lipinski definition) is 6. The van der Waals surface area contributed by atoms with E-state index in [0.717, 1.165) is 30.6 Å². The van der Waals surface area contributed by atoms with Crippen LogP contribution in [0.1, 0.15) is 45.1 Å². The van der Waals surface area contributed by atoms with Crippen molar-refractivity contribution < 1.29 is 28.6 Å². The topological polar surface area (TPSA) is 94.2 Å². The molecule has 2 aromatic rings. The highest BCUT2D eigenvalue weighted by molar-refractivity contribution is 9.10. The quantitative estimate of drug-likeness (QED) is 0.228. The largest absolute Gasteiger partial charge is 0.494 e. The van der Waals surface area contributed by atoms with E-state index < -0.39 is 17.8 Å². The van der Waals surface area contributed by atoms with Crippen molar-refractivity contribution in [2.24, 2.45) is 0 Å². The zero-order valence-electron chi connectivity index (χ0n) is 20.1. The van der Waals surface area contributed by atoms with Gasteiger partial charge in [0, 0.05) is 0 Å². The van der Waals surface area contributed by atoms with Crippen molar-refractivity contribution in [2.75, 3.05) is 25.2 Å². The molecular formula is C26H29BrN2O6. The molecule has 1 heterocycles. The van der Waals surface area contributed by atoms with E-state index in [1.807, 2.05) is 6.92 Å². The number of amides is 4. The van der Waals surface area contributed by atoms with Crippen LogP contribution in [0.4, 0.5) is 10.5 Å². The molecule has 2 aromatic carbocycles. The molecule has 1 N–H and O–H groups in total. The number of methoxy groups -OCH3 is 1. The standard InChI is InChI=1S/C26H29BrN2O6/c1-4-6-7-8-13-35-23-21(27)15-17(16-22(23)33-3)14-20-24(30)28-26(32)29(25(20)31)18-9-11-19(12-10-18)34-5-2/h9-12,14-16H,4-8,13H2,1-3H3,(H,28,30,32)/b20-14+. The summed E-state index contributed by atoms with van der Waals surface area (Å²) in [5, 5.41) is 2.23. The SMILES string of the molecule is CCCCCCOc1c(Br)cc(/C=C2\C(=O)NC(=O)N(c3ccc(OCC)cc3)C2=O)cc1OC. The maximum Gasteiger partial charge on any atom is 0.335 e. The number of benzene rings is 2. The van der Waals surface area contributed by atoms with Gasteiger partial charge in [0.05, 0.1) is 30.5 Å². The van der Waals surface area contributed by atoms with Gasteiger partial charge in [-0.15, -0.1) is 0 Å². The number of carbonyl (C=O) groups excluding carboxylic acids is 3. The third-order valence-corrected chi connectivity index (χ3v) is 5.90. The Morgan fingerprint density at radius 1 is 1.00 bits per heavy atom. The monoisotopic (exact) mass is 544 g/mol. The van der Waals surface area contributed by atoms with Gasteiger partial charge in [0.15, 0.2) is 11.5 Å². The van der Waals surface area contributed by atoms with Gasteiger partial charge in [0.25, 0.3) is 11.8 Å². The first-order valence-corrected chi connectivity index (χ1v) is 12.3. The molecule has 186 valence electrons. The van der Waals surface area contributed by atoms with E-state index in [1.165, 1.54) is 13.2 Å². The van der Waals surface area contributed by atoms with Gasteiger partial charge in [-0.05, 0) is 77.3 Å². The van der Waals surface area contributed by atoms with Gasteiger partial charge in [0.1, 0.15) is 11.3 Å². The first-order chi connectivity index (χ1) is 16.9. The fourth-order valence-corrected chi connectivity index (χ4v) is 4.16. The molecular weight excluding hydrogens is 516 g/mol. The van der Waals surface area contributed by atoms with Crippen LogP contribution in [-0.2, 0) is 9.59 Å². The zero-order chi connectivity index (χ0) is 25.4. The average molecular weight is 545 g/mol. The summed E-state index contributed by atoms with van der Waals surface area (Å²) in [6.07, 6.45) is 5.73. The summed E-state index contributed by atoms with van der Waals surface area (Å²) in [5.41, 5.74) is 0.673. The molecule has 1 saturated heterocycles. The minimum absolute atomic E-state index is 0.180. The van der Waals surface area contributed by atoms with Gasteiger partial charge in [-0.3, -0.25) is 14.9 Å². The molecule has 8 nitrogen and oxygen atoms in total. The predicted octanol–water partition coefficient (Wildman–Crippen LogP) is 5.48. The number of urea groups is 1. The first kappa shape index (κ1) is 26.3. The van der Waals surface area contributed by atoms with Crippen molar-refractivity contribution in [1.82, 2.24) is 5.32 Å². The van der Waals surface area contributed by atoms with Gasteiger partial charge in [-0.2, -0.15) is 0 Å². The highest BCUT2D eigenvalue weighted by Crippen LogP contribution is 2.37. The number of carbonyl (C=O) groups is 3. The lowest BCUT2D eigenvalue weighted by Gasteiger charge is -2.26. The van der Waals surface area contributed by atoms with E-state index in [0.29, 0.717) is 46.2 Å². The highest BCUT2D eigenvalue weighted by Gasteiger charge is 2.36. The number of ether oxygens (including phenoxy) is 3. The van der Waals surface area contributed by atoms with E-state index in [-0.39, 0.29) is 5.57 Å². The van der Waals surface area contributed by atoms with E-state index in [9.17, 15) is 14.4 Å². The summed E-state index contributed by atoms with van der Waals surface area (Å²) >= 11 is 3.50. The van der Waals surface area contributed by atoms with E-state index in [4.69, 9.17) is 14.2 Å². The van der Waals surface area contributed by atoms with Crippen LogP contribution in [0, 0.1) is 0 Å². The Hall–Kier alpha value is -3.33. The van der Waals surface area contributed by atoms with Crippen LogP contribution < -0.4 is 24.4 Å². The lowest BCUT2D eigenvalue weighted by molar-refractivity contribution is -0.122. The summed E-state index contributed by atoms with van der Waals surface area (Å²) in [7, 11) is 1.52. The molecule has 0 aliphatic carbocycles. The number of imide groups is 2. The number of rotatable bonds is 11. The molecule has 0 spiro atoms. The second kappa shape index (κ2) is 12.4. The molecule has 1 fully saturated rings. The number of barbiturate groups is 1. The minimum atomic E-state index is -0.813. The number of anilines is 1. The second-order valence-electron chi connectivity index (χ2n) is 7.83. The third-order valence-electron chi connectivity index (χ3n) is 5.31. The molecule has 9 heteroatoms. The first-order valence-electron chi connectivity index (χ1n) is 11.5. The van der Waals surface area contributed by atoms with Gasteiger partial charge in [-0.1, -0.05) is 26.2 Å². The zero-order valence-corrected chi connectivity index (χ0v) is 21.6. The number of hydrogen-bond donors (Lipinski definition) is 1.